The van der Waals surface area contributed by atoms with Crippen LogP contribution in [0.1, 0.15) is 32.5 Å². The molecule has 1 aromatic heterocycles. The average Bonchev–Trinajstić information content (AvgIpc) is 3.05. The number of benzene rings is 1. The first-order valence-corrected chi connectivity index (χ1v) is 7.77. The third-order valence-corrected chi connectivity index (χ3v) is 3.93. The fourth-order valence-electron chi connectivity index (χ4n) is 1.84. The van der Waals surface area contributed by atoms with E-state index in [-0.39, 0.29) is 11.8 Å². The van der Waals surface area contributed by atoms with Crippen molar-refractivity contribution in [1.82, 2.24) is 10.6 Å². The molecule has 0 fully saturated rings. The van der Waals surface area contributed by atoms with E-state index in [0.29, 0.717) is 23.5 Å². The maximum absolute atomic E-state index is 11.9. The number of nitrogens with one attached hydrogen (secondary N) is 2. The standard InChI is InChI=1S/C16H18N2O2S/c1-2-12-5-7-13(8-6-12)15(19)17-9-10-18-16(20)14-4-3-11-21-14/h3-8,11H,2,9-10H2,1H3,(H,17,19)(H,18,20). The Morgan fingerprint density at radius 2 is 1.67 bits per heavy atom. The van der Waals surface area contributed by atoms with Gasteiger partial charge in [-0.15, -0.1) is 11.3 Å². The Balaban J connectivity index is 1.72. The van der Waals surface area contributed by atoms with Crippen LogP contribution in [-0.4, -0.2) is 24.9 Å². The SMILES string of the molecule is CCc1ccc(C(=O)NCCNC(=O)c2cccs2)cc1. The van der Waals surface area contributed by atoms with Gasteiger partial charge in [-0.25, -0.2) is 0 Å². The molecule has 4 nitrogen and oxygen atoms in total. The highest BCUT2D eigenvalue weighted by atomic mass is 32.1. The number of carbonyl (C=O) groups excluding carboxylic acids is 2. The predicted octanol–water partition coefficient (Wildman–Crippen LogP) is 2.47. The summed E-state index contributed by atoms with van der Waals surface area (Å²) in [6.07, 6.45) is 0.955. The number of hydrogen-bond donors (Lipinski definition) is 2. The van der Waals surface area contributed by atoms with Crippen LogP contribution < -0.4 is 10.6 Å². The van der Waals surface area contributed by atoms with Crippen molar-refractivity contribution in [3.05, 3.63) is 57.8 Å². The molecule has 0 unspecified atom stereocenters. The van der Waals surface area contributed by atoms with Gasteiger partial charge in [0.2, 0.25) is 0 Å². The fourth-order valence-corrected chi connectivity index (χ4v) is 2.48. The summed E-state index contributed by atoms with van der Waals surface area (Å²) in [5.74, 6) is -0.227. The van der Waals surface area contributed by atoms with Crippen LogP contribution in [0.3, 0.4) is 0 Å². The number of carbonyl (C=O) groups is 2. The van der Waals surface area contributed by atoms with Gasteiger partial charge in [-0.2, -0.15) is 0 Å². The van der Waals surface area contributed by atoms with E-state index >= 15 is 0 Å². The molecule has 0 aliphatic carbocycles. The lowest BCUT2D eigenvalue weighted by Crippen LogP contribution is -2.34. The average molecular weight is 302 g/mol. The molecule has 1 aromatic carbocycles. The molecule has 0 radical (unpaired) electrons. The minimum Gasteiger partial charge on any atom is -0.350 e. The van der Waals surface area contributed by atoms with E-state index in [9.17, 15) is 9.59 Å². The molecule has 2 amide bonds. The first kappa shape index (κ1) is 15.3. The zero-order chi connectivity index (χ0) is 15.1. The normalized spacial score (nSPS) is 10.1. The summed E-state index contributed by atoms with van der Waals surface area (Å²) in [7, 11) is 0. The Morgan fingerprint density at radius 1 is 1.00 bits per heavy atom. The van der Waals surface area contributed by atoms with Gasteiger partial charge in [0.15, 0.2) is 0 Å². The number of aryl methyl sites for hydroxylation is 1. The highest BCUT2D eigenvalue weighted by molar-refractivity contribution is 7.12. The number of amides is 2. The zero-order valence-electron chi connectivity index (χ0n) is 11.9. The van der Waals surface area contributed by atoms with E-state index < -0.39 is 0 Å². The van der Waals surface area contributed by atoms with Crippen molar-refractivity contribution < 1.29 is 9.59 Å². The van der Waals surface area contributed by atoms with E-state index in [1.807, 2.05) is 35.7 Å². The van der Waals surface area contributed by atoms with Gasteiger partial charge in [-0.3, -0.25) is 9.59 Å². The van der Waals surface area contributed by atoms with Crippen LogP contribution in [0.15, 0.2) is 41.8 Å². The molecule has 5 heteroatoms. The van der Waals surface area contributed by atoms with E-state index in [2.05, 4.69) is 17.6 Å². The largest absolute Gasteiger partial charge is 0.350 e. The molecule has 0 aliphatic rings. The molecule has 0 saturated heterocycles. The second kappa shape index (κ2) is 7.59. The fraction of sp³-hybridized carbons (Fsp3) is 0.250. The summed E-state index contributed by atoms with van der Waals surface area (Å²) < 4.78 is 0. The van der Waals surface area contributed by atoms with Crippen molar-refractivity contribution in [2.75, 3.05) is 13.1 Å². The smallest absolute Gasteiger partial charge is 0.261 e. The van der Waals surface area contributed by atoms with Crippen LogP contribution in [0.4, 0.5) is 0 Å². The van der Waals surface area contributed by atoms with Gasteiger partial charge >= 0.3 is 0 Å². The summed E-state index contributed by atoms with van der Waals surface area (Å²) in [5.41, 5.74) is 1.84. The molecular weight excluding hydrogens is 284 g/mol. The topological polar surface area (TPSA) is 58.2 Å². The summed E-state index contributed by atoms with van der Waals surface area (Å²) in [6, 6.07) is 11.1. The van der Waals surface area contributed by atoms with Crippen LogP contribution in [0, 0.1) is 0 Å². The molecule has 110 valence electrons. The van der Waals surface area contributed by atoms with Crippen molar-refractivity contribution in [2.24, 2.45) is 0 Å². The van der Waals surface area contributed by atoms with E-state index in [1.165, 1.54) is 16.9 Å². The highest BCUT2D eigenvalue weighted by Crippen LogP contribution is 2.07. The van der Waals surface area contributed by atoms with E-state index in [1.54, 1.807) is 6.07 Å². The monoisotopic (exact) mass is 302 g/mol. The van der Waals surface area contributed by atoms with Gasteiger partial charge in [0.05, 0.1) is 4.88 Å². The third-order valence-electron chi connectivity index (χ3n) is 3.07. The number of rotatable bonds is 6. The molecule has 0 bridgehead atoms. The molecule has 1 heterocycles. The molecular formula is C16H18N2O2S. The summed E-state index contributed by atoms with van der Waals surface area (Å²) in [4.78, 5) is 24.3. The first-order chi connectivity index (χ1) is 10.2. The molecule has 0 spiro atoms. The Morgan fingerprint density at radius 3 is 2.24 bits per heavy atom. The quantitative estimate of drug-likeness (QED) is 0.805. The van der Waals surface area contributed by atoms with Gasteiger partial charge in [0, 0.05) is 18.7 Å². The van der Waals surface area contributed by atoms with Gasteiger partial charge in [0.25, 0.3) is 11.8 Å². The molecule has 2 rings (SSSR count). The minimum atomic E-state index is -0.122. The Kier molecular flexibility index (Phi) is 5.51. The molecule has 0 saturated carbocycles. The van der Waals surface area contributed by atoms with Crippen LogP contribution >= 0.6 is 11.3 Å². The molecule has 0 atom stereocenters. The van der Waals surface area contributed by atoms with Crippen molar-refractivity contribution in [1.29, 1.82) is 0 Å². The Labute approximate surface area is 128 Å². The van der Waals surface area contributed by atoms with E-state index in [0.717, 1.165) is 6.42 Å². The van der Waals surface area contributed by atoms with Crippen molar-refractivity contribution in [3.63, 3.8) is 0 Å². The molecule has 2 aromatic rings. The number of thiophene rings is 1. The lowest BCUT2D eigenvalue weighted by atomic mass is 10.1. The minimum absolute atomic E-state index is 0.105. The van der Waals surface area contributed by atoms with Gasteiger partial charge in [-0.05, 0) is 35.6 Å². The van der Waals surface area contributed by atoms with Crippen LogP contribution in [-0.2, 0) is 6.42 Å². The first-order valence-electron chi connectivity index (χ1n) is 6.89. The summed E-state index contributed by atoms with van der Waals surface area (Å²) >= 11 is 1.40. The molecule has 2 N–H and O–H groups in total. The maximum Gasteiger partial charge on any atom is 0.261 e. The third kappa shape index (κ3) is 4.43. The van der Waals surface area contributed by atoms with Crippen molar-refractivity contribution in [2.45, 2.75) is 13.3 Å². The van der Waals surface area contributed by atoms with Gasteiger partial charge in [0.1, 0.15) is 0 Å². The van der Waals surface area contributed by atoms with Crippen LogP contribution in [0.5, 0.6) is 0 Å². The zero-order valence-corrected chi connectivity index (χ0v) is 12.7. The predicted molar refractivity (Wildman–Crippen MR) is 84.8 cm³/mol. The second-order valence-electron chi connectivity index (χ2n) is 4.54. The highest BCUT2D eigenvalue weighted by Gasteiger charge is 2.07. The van der Waals surface area contributed by atoms with Crippen LogP contribution in [0.25, 0.3) is 0 Å². The summed E-state index contributed by atoms with van der Waals surface area (Å²) in [6.45, 7) is 2.90. The Bertz CT molecular complexity index is 591. The van der Waals surface area contributed by atoms with E-state index in [4.69, 9.17) is 0 Å². The number of hydrogen-bond acceptors (Lipinski definition) is 3. The lowest BCUT2D eigenvalue weighted by molar-refractivity contribution is 0.0929. The molecule has 0 aliphatic heterocycles. The van der Waals surface area contributed by atoms with Gasteiger partial charge < -0.3 is 10.6 Å². The van der Waals surface area contributed by atoms with Gasteiger partial charge in [-0.1, -0.05) is 25.1 Å². The second-order valence-corrected chi connectivity index (χ2v) is 5.49. The van der Waals surface area contributed by atoms with Crippen molar-refractivity contribution >= 4 is 23.2 Å². The van der Waals surface area contributed by atoms with Crippen LogP contribution in [0.2, 0.25) is 0 Å². The summed E-state index contributed by atoms with van der Waals surface area (Å²) in [5, 5.41) is 7.41. The molecule has 21 heavy (non-hydrogen) atoms. The van der Waals surface area contributed by atoms with Crippen molar-refractivity contribution in [3.8, 4) is 0 Å². The maximum atomic E-state index is 11.9. The lowest BCUT2D eigenvalue weighted by Gasteiger charge is -2.07. The Hall–Kier alpha value is -2.14.